The van der Waals surface area contributed by atoms with Crippen molar-refractivity contribution >= 4 is 0 Å². The van der Waals surface area contributed by atoms with E-state index in [2.05, 4.69) is 12.5 Å². The van der Waals surface area contributed by atoms with Crippen LogP contribution in [0.5, 0.6) is 0 Å². The van der Waals surface area contributed by atoms with Crippen LogP contribution in [0.1, 0.15) is 0 Å². The van der Waals surface area contributed by atoms with Crippen molar-refractivity contribution < 1.29 is 9.59 Å². The lowest BCUT2D eigenvalue weighted by molar-refractivity contribution is -0.879. The zero-order valence-corrected chi connectivity index (χ0v) is 6.59. The average molecular weight is 140 g/mol. The van der Waals surface area contributed by atoms with Gasteiger partial charge in [0, 0.05) is 0 Å². The highest BCUT2D eigenvalue weighted by Gasteiger charge is 2.13. The number of likely N-dealkylation sites (N-methyl/N-ethyl adjacent to an activating group) is 1. The SMILES string of the molecule is C#CC[N+](C)(C)CC(=C)O. The van der Waals surface area contributed by atoms with Crippen molar-refractivity contribution in [1.82, 2.24) is 0 Å². The van der Waals surface area contributed by atoms with Gasteiger partial charge in [0.1, 0.15) is 18.8 Å². The van der Waals surface area contributed by atoms with Crippen molar-refractivity contribution in [1.29, 1.82) is 0 Å². The fourth-order valence-corrected chi connectivity index (χ4v) is 0.797. The van der Waals surface area contributed by atoms with Crippen LogP contribution < -0.4 is 0 Å². The minimum atomic E-state index is 0.181. The zero-order chi connectivity index (χ0) is 8.20. The highest BCUT2D eigenvalue weighted by atomic mass is 16.3. The highest BCUT2D eigenvalue weighted by Crippen LogP contribution is 1.98. The zero-order valence-electron chi connectivity index (χ0n) is 6.59. The van der Waals surface area contributed by atoms with Crippen LogP contribution in [0.15, 0.2) is 12.3 Å². The van der Waals surface area contributed by atoms with Crippen molar-refractivity contribution in [2.75, 3.05) is 27.2 Å². The Labute approximate surface area is 62.4 Å². The Morgan fingerprint density at radius 3 is 2.50 bits per heavy atom. The summed E-state index contributed by atoms with van der Waals surface area (Å²) in [6.45, 7) is 4.52. The van der Waals surface area contributed by atoms with Crippen LogP contribution in [0.25, 0.3) is 0 Å². The summed E-state index contributed by atoms with van der Waals surface area (Å²) in [6, 6.07) is 0. The van der Waals surface area contributed by atoms with Crippen molar-refractivity contribution in [3.63, 3.8) is 0 Å². The predicted octanol–water partition coefficient (Wildman–Crippen LogP) is 0.768. The molecule has 2 nitrogen and oxygen atoms in total. The fraction of sp³-hybridized carbons (Fsp3) is 0.500. The first kappa shape index (κ1) is 9.06. The van der Waals surface area contributed by atoms with E-state index in [9.17, 15) is 0 Å². The Hall–Kier alpha value is -0.940. The molecule has 0 saturated carbocycles. The van der Waals surface area contributed by atoms with Crippen molar-refractivity contribution in [2.45, 2.75) is 0 Å². The van der Waals surface area contributed by atoms with E-state index >= 15 is 0 Å². The first-order valence-electron chi connectivity index (χ1n) is 3.10. The minimum absolute atomic E-state index is 0.181. The van der Waals surface area contributed by atoms with Gasteiger partial charge in [-0.3, -0.25) is 0 Å². The molecule has 0 atom stereocenters. The van der Waals surface area contributed by atoms with Crippen molar-refractivity contribution in [2.24, 2.45) is 0 Å². The number of hydrogen-bond donors (Lipinski definition) is 1. The molecule has 2 heteroatoms. The first-order valence-corrected chi connectivity index (χ1v) is 3.10. The lowest BCUT2D eigenvalue weighted by Crippen LogP contribution is -2.41. The molecular formula is C8H14NO+. The molecule has 0 aliphatic carbocycles. The van der Waals surface area contributed by atoms with Crippen molar-refractivity contribution in [3.8, 4) is 12.3 Å². The van der Waals surface area contributed by atoms with Gasteiger partial charge in [0.05, 0.1) is 14.1 Å². The standard InChI is InChI=1S/C8H13NO/c1-5-6-9(3,4)7-8(2)10/h1H,2,6-7H2,3-4H3/p+1. The second-order valence-electron chi connectivity index (χ2n) is 3.02. The molecule has 10 heavy (non-hydrogen) atoms. The summed E-state index contributed by atoms with van der Waals surface area (Å²) in [7, 11) is 3.89. The molecule has 0 fully saturated rings. The van der Waals surface area contributed by atoms with E-state index in [1.165, 1.54) is 0 Å². The summed E-state index contributed by atoms with van der Waals surface area (Å²) in [5, 5.41) is 8.84. The van der Waals surface area contributed by atoms with Gasteiger partial charge in [0.25, 0.3) is 0 Å². The Balaban J connectivity index is 3.89. The lowest BCUT2D eigenvalue weighted by atomic mass is 10.4. The predicted molar refractivity (Wildman–Crippen MR) is 42.4 cm³/mol. The van der Waals surface area contributed by atoms with E-state index in [4.69, 9.17) is 11.5 Å². The number of terminal acetylenes is 1. The van der Waals surface area contributed by atoms with Gasteiger partial charge >= 0.3 is 0 Å². The van der Waals surface area contributed by atoms with Gasteiger partial charge in [-0.25, -0.2) is 0 Å². The molecule has 0 aliphatic heterocycles. The second kappa shape index (κ2) is 3.28. The Bertz CT molecular complexity index is 165. The van der Waals surface area contributed by atoms with E-state index in [1.54, 1.807) is 0 Å². The first-order chi connectivity index (χ1) is 4.48. The molecule has 56 valence electrons. The maximum Gasteiger partial charge on any atom is 0.140 e. The number of nitrogens with zero attached hydrogens (tertiary/aromatic N) is 1. The van der Waals surface area contributed by atoms with Crippen LogP contribution in [0.2, 0.25) is 0 Å². The third kappa shape index (κ3) is 3.99. The molecule has 0 aromatic rings. The van der Waals surface area contributed by atoms with E-state index in [1.807, 2.05) is 14.1 Å². The number of hydrogen-bond acceptors (Lipinski definition) is 1. The number of aliphatic hydroxyl groups excluding tert-OH is 1. The molecule has 0 aromatic heterocycles. The van der Waals surface area contributed by atoms with Gasteiger partial charge in [-0.15, -0.1) is 6.42 Å². The molecule has 1 N–H and O–H groups in total. The Morgan fingerprint density at radius 2 is 2.20 bits per heavy atom. The molecule has 0 amide bonds. The van der Waals surface area contributed by atoms with Crippen LogP contribution in [0.4, 0.5) is 0 Å². The number of aliphatic hydroxyl groups is 1. The topological polar surface area (TPSA) is 20.2 Å². The summed E-state index contributed by atoms with van der Waals surface area (Å²) < 4.78 is 0.589. The van der Waals surface area contributed by atoms with Gasteiger partial charge < -0.3 is 9.59 Å². The van der Waals surface area contributed by atoms with Crippen LogP contribution in [0.3, 0.4) is 0 Å². The summed E-state index contributed by atoms with van der Waals surface area (Å²) in [5.41, 5.74) is 0. The molecule has 0 heterocycles. The quantitative estimate of drug-likeness (QED) is 0.349. The van der Waals surface area contributed by atoms with Crippen LogP contribution in [-0.4, -0.2) is 36.8 Å². The molecule has 0 aromatic carbocycles. The minimum Gasteiger partial charge on any atom is -0.507 e. The van der Waals surface area contributed by atoms with E-state index in [0.717, 1.165) is 0 Å². The van der Waals surface area contributed by atoms with Gasteiger partial charge in [-0.05, 0) is 5.92 Å². The van der Waals surface area contributed by atoms with Crippen molar-refractivity contribution in [3.05, 3.63) is 12.3 Å². The van der Waals surface area contributed by atoms with Gasteiger partial charge in [-0.1, -0.05) is 6.58 Å². The molecule has 0 radical (unpaired) electrons. The maximum absolute atomic E-state index is 8.84. The third-order valence-electron chi connectivity index (χ3n) is 1.13. The van der Waals surface area contributed by atoms with Crippen LogP contribution >= 0.6 is 0 Å². The molecule has 0 spiro atoms. The number of rotatable bonds is 3. The van der Waals surface area contributed by atoms with E-state index in [-0.39, 0.29) is 5.76 Å². The molecule has 0 rings (SSSR count). The maximum atomic E-state index is 8.84. The average Bonchev–Trinajstić information content (AvgIpc) is 1.59. The van der Waals surface area contributed by atoms with E-state index < -0.39 is 0 Å². The second-order valence-corrected chi connectivity index (χ2v) is 3.02. The molecule has 0 aliphatic rings. The fourth-order valence-electron chi connectivity index (χ4n) is 0.797. The Morgan fingerprint density at radius 1 is 1.70 bits per heavy atom. The summed E-state index contributed by atoms with van der Waals surface area (Å²) >= 11 is 0. The highest BCUT2D eigenvalue weighted by molar-refractivity contribution is 4.85. The monoisotopic (exact) mass is 140 g/mol. The normalized spacial score (nSPS) is 10.5. The lowest BCUT2D eigenvalue weighted by Gasteiger charge is -2.26. The van der Waals surface area contributed by atoms with Gasteiger partial charge in [-0.2, -0.15) is 0 Å². The summed E-state index contributed by atoms with van der Waals surface area (Å²) in [4.78, 5) is 0. The molecule has 0 saturated heterocycles. The van der Waals surface area contributed by atoms with Crippen LogP contribution in [-0.2, 0) is 0 Å². The molecular weight excluding hydrogens is 126 g/mol. The summed E-state index contributed by atoms with van der Waals surface area (Å²) in [6.07, 6.45) is 5.11. The summed E-state index contributed by atoms with van der Waals surface area (Å²) in [5.74, 6) is 2.71. The van der Waals surface area contributed by atoms with E-state index in [0.29, 0.717) is 17.6 Å². The molecule has 0 unspecified atom stereocenters. The largest absolute Gasteiger partial charge is 0.507 e. The van der Waals surface area contributed by atoms with Gasteiger partial charge in [0.15, 0.2) is 0 Å². The molecule has 0 bridgehead atoms. The Kier molecular flexibility index (Phi) is 2.98. The third-order valence-corrected chi connectivity index (χ3v) is 1.13. The van der Waals surface area contributed by atoms with Gasteiger partial charge in [0.2, 0.25) is 0 Å². The van der Waals surface area contributed by atoms with Crippen LogP contribution in [0, 0.1) is 12.3 Å². The number of quaternary nitrogens is 1. The smallest absolute Gasteiger partial charge is 0.140 e.